The number of nitrogens with one attached hydrogen (secondary N) is 1. The topological polar surface area (TPSA) is 58.6 Å². The van der Waals surface area contributed by atoms with E-state index in [1.165, 1.54) is 5.56 Å². The van der Waals surface area contributed by atoms with Crippen molar-refractivity contribution in [3.63, 3.8) is 0 Å². The van der Waals surface area contributed by atoms with Crippen molar-refractivity contribution in [3.05, 3.63) is 59.7 Å². The first-order chi connectivity index (χ1) is 13.1. The fourth-order valence-corrected chi connectivity index (χ4v) is 3.12. The van der Waals surface area contributed by atoms with Crippen molar-refractivity contribution in [2.45, 2.75) is 39.2 Å². The van der Waals surface area contributed by atoms with Gasteiger partial charge in [0.25, 0.3) is 0 Å². The maximum absolute atomic E-state index is 12.1. The van der Waals surface area contributed by atoms with Crippen molar-refractivity contribution in [1.82, 2.24) is 4.90 Å². The lowest BCUT2D eigenvalue weighted by Gasteiger charge is -2.16. The summed E-state index contributed by atoms with van der Waals surface area (Å²) in [6.07, 6.45) is 2.63. The molecular weight excluding hydrogens is 340 g/mol. The average molecular weight is 366 g/mol. The lowest BCUT2D eigenvalue weighted by molar-refractivity contribution is -0.128. The van der Waals surface area contributed by atoms with Gasteiger partial charge < -0.3 is 15.0 Å². The number of hydrogen-bond acceptors (Lipinski definition) is 3. The van der Waals surface area contributed by atoms with E-state index in [1.54, 1.807) is 0 Å². The molecule has 2 aromatic carbocycles. The lowest BCUT2D eigenvalue weighted by atomic mass is 10.2. The molecule has 2 aromatic rings. The van der Waals surface area contributed by atoms with Gasteiger partial charge in [-0.1, -0.05) is 29.8 Å². The summed E-state index contributed by atoms with van der Waals surface area (Å²) in [5.74, 6) is 1.00. The molecule has 1 aliphatic rings. The van der Waals surface area contributed by atoms with Gasteiger partial charge in [0, 0.05) is 31.6 Å². The van der Waals surface area contributed by atoms with Crippen molar-refractivity contribution in [1.29, 1.82) is 0 Å². The third-order valence-electron chi connectivity index (χ3n) is 4.59. The van der Waals surface area contributed by atoms with Gasteiger partial charge in [0.15, 0.2) is 0 Å². The zero-order valence-electron chi connectivity index (χ0n) is 15.7. The van der Waals surface area contributed by atoms with Crippen LogP contribution >= 0.6 is 0 Å². The number of anilines is 1. The Hall–Kier alpha value is -2.82. The van der Waals surface area contributed by atoms with E-state index in [9.17, 15) is 9.59 Å². The molecule has 3 rings (SSSR count). The number of carbonyl (C=O) groups excluding carboxylic acids is 2. The molecule has 1 fully saturated rings. The van der Waals surface area contributed by atoms with E-state index in [4.69, 9.17) is 4.74 Å². The molecule has 0 spiro atoms. The van der Waals surface area contributed by atoms with E-state index in [2.05, 4.69) is 5.32 Å². The smallest absolute Gasteiger partial charge is 0.224 e. The largest absolute Gasteiger partial charge is 0.494 e. The number of carbonyl (C=O) groups is 2. The fraction of sp³-hybridized carbons (Fsp3) is 0.364. The predicted octanol–water partition coefficient (Wildman–Crippen LogP) is 3.92. The maximum atomic E-state index is 12.1. The molecule has 0 atom stereocenters. The third kappa shape index (κ3) is 5.84. The van der Waals surface area contributed by atoms with E-state index in [1.807, 2.05) is 60.4 Å². The molecule has 142 valence electrons. The monoisotopic (exact) mass is 366 g/mol. The number of ether oxygens (including phenoxy) is 1. The minimum absolute atomic E-state index is 0.0306. The van der Waals surface area contributed by atoms with Crippen LogP contribution in [-0.2, 0) is 16.1 Å². The Bertz CT molecular complexity index is 786. The lowest BCUT2D eigenvalue weighted by Crippen LogP contribution is -2.23. The molecule has 1 heterocycles. The Morgan fingerprint density at radius 1 is 1.19 bits per heavy atom. The summed E-state index contributed by atoms with van der Waals surface area (Å²) >= 11 is 0. The predicted molar refractivity (Wildman–Crippen MR) is 106 cm³/mol. The molecule has 1 aliphatic heterocycles. The Kier molecular flexibility index (Phi) is 6.47. The summed E-state index contributed by atoms with van der Waals surface area (Å²) in [7, 11) is 0. The van der Waals surface area contributed by atoms with Crippen LogP contribution in [0.3, 0.4) is 0 Å². The van der Waals surface area contributed by atoms with Crippen LogP contribution in [0.4, 0.5) is 5.69 Å². The summed E-state index contributed by atoms with van der Waals surface area (Å²) in [5, 5.41) is 2.93. The summed E-state index contributed by atoms with van der Waals surface area (Å²) < 4.78 is 5.65. The van der Waals surface area contributed by atoms with Gasteiger partial charge in [-0.15, -0.1) is 0 Å². The molecule has 0 radical (unpaired) electrons. The standard InChI is InChI=1S/C22H26N2O3/c1-17-9-11-20(12-10-17)27-14-4-7-21(25)23-19-6-2-5-18(15-19)16-24-13-3-8-22(24)26/h2,5-6,9-12,15H,3-4,7-8,13-14,16H2,1H3,(H,23,25). The van der Waals surface area contributed by atoms with Gasteiger partial charge in [-0.05, 0) is 49.6 Å². The van der Waals surface area contributed by atoms with Gasteiger partial charge in [-0.3, -0.25) is 9.59 Å². The van der Waals surface area contributed by atoms with Gasteiger partial charge in [-0.2, -0.15) is 0 Å². The number of nitrogens with zero attached hydrogens (tertiary/aromatic N) is 1. The molecular formula is C22H26N2O3. The van der Waals surface area contributed by atoms with E-state index >= 15 is 0 Å². The minimum Gasteiger partial charge on any atom is -0.494 e. The van der Waals surface area contributed by atoms with Crippen molar-refractivity contribution < 1.29 is 14.3 Å². The highest BCUT2D eigenvalue weighted by molar-refractivity contribution is 5.90. The number of aryl methyl sites for hydroxylation is 1. The van der Waals surface area contributed by atoms with Crippen molar-refractivity contribution in [2.24, 2.45) is 0 Å². The zero-order valence-corrected chi connectivity index (χ0v) is 15.7. The summed E-state index contributed by atoms with van der Waals surface area (Å²) in [6.45, 7) is 3.96. The molecule has 5 nitrogen and oxygen atoms in total. The summed E-state index contributed by atoms with van der Waals surface area (Å²) in [4.78, 5) is 25.8. The van der Waals surface area contributed by atoms with Crippen LogP contribution in [0.15, 0.2) is 48.5 Å². The van der Waals surface area contributed by atoms with E-state index in [0.29, 0.717) is 32.4 Å². The Labute approximate surface area is 160 Å². The molecule has 5 heteroatoms. The zero-order chi connectivity index (χ0) is 19.1. The van der Waals surface area contributed by atoms with Crippen LogP contribution in [0.1, 0.15) is 36.8 Å². The van der Waals surface area contributed by atoms with Gasteiger partial charge >= 0.3 is 0 Å². The summed E-state index contributed by atoms with van der Waals surface area (Å²) in [6, 6.07) is 15.6. The number of benzene rings is 2. The van der Waals surface area contributed by atoms with Crippen molar-refractivity contribution >= 4 is 17.5 Å². The normalized spacial score (nSPS) is 13.7. The maximum Gasteiger partial charge on any atom is 0.224 e. The quantitative estimate of drug-likeness (QED) is 0.721. The molecule has 2 amide bonds. The molecule has 0 bridgehead atoms. The SMILES string of the molecule is Cc1ccc(OCCCC(=O)Nc2cccc(CN3CCCC3=O)c2)cc1. The van der Waals surface area contributed by atoms with Crippen molar-refractivity contribution in [3.8, 4) is 5.75 Å². The number of amides is 2. The molecule has 1 N–H and O–H groups in total. The van der Waals surface area contributed by atoms with Crippen molar-refractivity contribution in [2.75, 3.05) is 18.5 Å². The van der Waals surface area contributed by atoms with Gasteiger partial charge in [0.2, 0.25) is 11.8 Å². The molecule has 0 saturated carbocycles. The second-order valence-electron chi connectivity index (χ2n) is 6.93. The molecule has 0 aromatic heterocycles. The number of hydrogen-bond donors (Lipinski definition) is 1. The van der Waals surface area contributed by atoms with Crippen LogP contribution in [0, 0.1) is 6.92 Å². The fourth-order valence-electron chi connectivity index (χ4n) is 3.12. The van der Waals surface area contributed by atoms with E-state index < -0.39 is 0 Å². The Morgan fingerprint density at radius 3 is 2.74 bits per heavy atom. The number of likely N-dealkylation sites (tertiary alicyclic amines) is 1. The molecule has 27 heavy (non-hydrogen) atoms. The van der Waals surface area contributed by atoms with Gasteiger partial charge in [-0.25, -0.2) is 0 Å². The van der Waals surface area contributed by atoms with Crippen LogP contribution in [0.2, 0.25) is 0 Å². The van der Waals surface area contributed by atoms with Crippen LogP contribution in [0.25, 0.3) is 0 Å². The van der Waals surface area contributed by atoms with Crippen LogP contribution < -0.4 is 10.1 Å². The Balaban J connectivity index is 1.41. The third-order valence-corrected chi connectivity index (χ3v) is 4.59. The highest BCUT2D eigenvalue weighted by Crippen LogP contribution is 2.17. The van der Waals surface area contributed by atoms with Gasteiger partial charge in [0.05, 0.1) is 6.61 Å². The second-order valence-corrected chi connectivity index (χ2v) is 6.93. The first-order valence-electron chi connectivity index (χ1n) is 9.46. The molecule has 0 aliphatic carbocycles. The first-order valence-corrected chi connectivity index (χ1v) is 9.46. The first kappa shape index (κ1) is 19.0. The second kappa shape index (κ2) is 9.21. The highest BCUT2D eigenvalue weighted by atomic mass is 16.5. The Morgan fingerprint density at radius 2 is 2.00 bits per heavy atom. The average Bonchev–Trinajstić information content (AvgIpc) is 3.05. The molecule has 0 unspecified atom stereocenters. The highest BCUT2D eigenvalue weighted by Gasteiger charge is 2.20. The number of rotatable bonds is 8. The van der Waals surface area contributed by atoms with E-state index in [-0.39, 0.29) is 11.8 Å². The van der Waals surface area contributed by atoms with Crippen LogP contribution in [0.5, 0.6) is 5.75 Å². The minimum atomic E-state index is -0.0306. The van der Waals surface area contributed by atoms with Crippen LogP contribution in [-0.4, -0.2) is 29.9 Å². The molecule has 1 saturated heterocycles. The van der Waals surface area contributed by atoms with Gasteiger partial charge in [0.1, 0.15) is 5.75 Å². The summed E-state index contributed by atoms with van der Waals surface area (Å²) in [5.41, 5.74) is 2.99. The van der Waals surface area contributed by atoms with E-state index in [0.717, 1.165) is 30.0 Å².